The van der Waals surface area contributed by atoms with Gasteiger partial charge in [-0.2, -0.15) is 34.4 Å². The van der Waals surface area contributed by atoms with Crippen molar-refractivity contribution >= 4 is 30.1 Å². The summed E-state index contributed by atoms with van der Waals surface area (Å²) in [6, 6.07) is 20.9. The van der Waals surface area contributed by atoms with Crippen LogP contribution in [0.2, 0.25) is 0 Å². The quantitative estimate of drug-likeness (QED) is 0.0640. The number of halogens is 8. The van der Waals surface area contributed by atoms with Gasteiger partial charge in [0.05, 0.1) is 37.8 Å². The Morgan fingerprint density at radius 1 is 0.463 bits per heavy atom. The lowest BCUT2D eigenvalue weighted by molar-refractivity contribution is 0.262. The Labute approximate surface area is 375 Å². The summed E-state index contributed by atoms with van der Waals surface area (Å²) in [5.41, 5.74) is -3.19. The van der Waals surface area contributed by atoms with Gasteiger partial charge in [0.25, 0.3) is 20.2 Å². The zero-order valence-electron chi connectivity index (χ0n) is 33.9. The van der Waals surface area contributed by atoms with Crippen molar-refractivity contribution in [3.63, 3.8) is 0 Å². The molecule has 0 aliphatic heterocycles. The molecule has 0 fully saturated rings. The molecule has 348 valence electrons. The summed E-state index contributed by atoms with van der Waals surface area (Å²) in [5.74, 6) is -24.0. The van der Waals surface area contributed by atoms with Crippen LogP contribution in [0, 0.1) is 53.5 Å². The summed E-state index contributed by atoms with van der Waals surface area (Å²) in [6.07, 6.45) is 0. The fourth-order valence-electron chi connectivity index (χ4n) is 6.73. The van der Waals surface area contributed by atoms with E-state index in [0.29, 0.717) is 0 Å². The van der Waals surface area contributed by atoms with Crippen LogP contribution >= 0.6 is 0 Å². The topological polar surface area (TPSA) is 171 Å². The molecule has 67 heavy (non-hydrogen) atoms. The molecule has 0 unspecified atom stereocenters. The molecule has 11 nitrogen and oxygen atoms in total. The summed E-state index contributed by atoms with van der Waals surface area (Å²) in [5, 5.41) is 0. The van der Waals surface area contributed by atoms with E-state index in [0.717, 1.165) is 54.1 Å². The van der Waals surface area contributed by atoms with Gasteiger partial charge in [0.15, 0.2) is 29.0 Å². The Kier molecular flexibility index (Phi) is 13.0. The molecule has 7 rings (SSSR count). The van der Waals surface area contributed by atoms with Gasteiger partial charge in [-0.3, -0.25) is 9.11 Å². The molecule has 22 heteroatoms. The van der Waals surface area contributed by atoms with Crippen molar-refractivity contribution in [2.45, 2.75) is 33.1 Å². The Morgan fingerprint density at radius 2 is 0.821 bits per heavy atom. The van der Waals surface area contributed by atoms with Crippen molar-refractivity contribution in [1.29, 1.82) is 0 Å². The minimum atomic E-state index is -4.66. The largest absolute Gasteiger partial charge is 0.495 e. The number of sulfone groups is 1. The fraction of sp³-hybridized carbons (Fsp3) is 0.0667. The number of methoxy groups -OCH3 is 1. The Hall–Kier alpha value is -6.85. The SMILES string of the molecule is COc1c(-c2ccc(S(=O)(=O)O)cc2)cc(COc2c(F)c(F)c(-c3c(F)c(F)c(Oc4ccc(S(=O)(=O)c5ccc(C)cc5)cc4)c(F)c3F)c(F)c2F)cc1-c1ccc(S(=O)(=O)O)cc1. The predicted octanol–water partition coefficient (Wildman–Crippen LogP) is 10.8. The number of hydrogen-bond acceptors (Lipinski definition) is 9. The van der Waals surface area contributed by atoms with Gasteiger partial charge in [0.1, 0.15) is 18.1 Å². The van der Waals surface area contributed by atoms with Crippen LogP contribution in [0.1, 0.15) is 11.1 Å². The Morgan fingerprint density at radius 3 is 1.19 bits per heavy atom. The first-order valence-corrected chi connectivity index (χ1v) is 23.1. The Balaban J connectivity index is 1.23. The van der Waals surface area contributed by atoms with E-state index in [4.69, 9.17) is 14.2 Å². The van der Waals surface area contributed by atoms with Crippen molar-refractivity contribution in [3.8, 4) is 56.4 Å². The van der Waals surface area contributed by atoms with Crippen LogP contribution in [0.15, 0.2) is 129 Å². The Bertz CT molecular complexity index is 3290. The van der Waals surface area contributed by atoms with E-state index in [1.54, 1.807) is 6.92 Å². The molecular formula is C45H28F8O11S3. The molecule has 0 bridgehead atoms. The fourth-order valence-corrected chi connectivity index (χ4v) is 8.95. The molecule has 7 aromatic carbocycles. The summed E-state index contributed by atoms with van der Waals surface area (Å²) in [6.45, 7) is 0.751. The zero-order valence-corrected chi connectivity index (χ0v) is 36.4. The number of benzene rings is 7. The van der Waals surface area contributed by atoms with E-state index in [-0.39, 0.29) is 43.4 Å². The molecule has 7 aromatic rings. The summed E-state index contributed by atoms with van der Waals surface area (Å²) >= 11 is 0. The van der Waals surface area contributed by atoms with E-state index in [1.165, 1.54) is 67.8 Å². The highest BCUT2D eigenvalue weighted by Gasteiger charge is 2.36. The lowest BCUT2D eigenvalue weighted by atomic mass is 9.94. The lowest BCUT2D eigenvalue weighted by Crippen LogP contribution is -2.10. The van der Waals surface area contributed by atoms with Gasteiger partial charge in [-0.25, -0.2) is 26.0 Å². The van der Waals surface area contributed by atoms with Crippen LogP contribution in [0.4, 0.5) is 35.1 Å². The van der Waals surface area contributed by atoms with Crippen molar-refractivity contribution in [2.75, 3.05) is 7.11 Å². The number of aryl methyl sites for hydroxylation is 1. The van der Waals surface area contributed by atoms with Crippen LogP contribution in [-0.4, -0.2) is 41.5 Å². The molecule has 0 aromatic heterocycles. The predicted molar refractivity (Wildman–Crippen MR) is 223 cm³/mol. The first kappa shape index (κ1) is 48.1. The third kappa shape index (κ3) is 9.30. The van der Waals surface area contributed by atoms with E-state index in [1.807, 2.05) is 0 Å². The van der Waals surface area contributed by atoms with E-state index >= 15 is 35.1 Å². The molecule has 0 amide bonds. The number of hydrogen-bond donors (Lipinski definition) is 2. The molecule has 0 spiro atoms. The monoisotopic (exact) mass is 992 g/mol. The van der Waals surface area contributed by atoms with Crippen molar-refractivity contribution in [2.24, 2.45) is 0 Å². The van der Waals surface area contributed by atoms with Gasteiger partial charge in [-0.15, -0.1) is 0 Å². The second-order valence-electron chi connectivity index (χ2n) is 14.3. The average Bonchev–Trinajstić information content (AvgIpc) is 3.29. The molecular weight excluding hydrogens is 965 g/mol. The van der Waals surface area contributed by atoms with Gasteiger partial charge in [0.2, 0.25) is 38.9 Å². The lowest BCUT2D eigenvalue weighted by Gasteiger charge is -2.19. The highest BCUT2D eigenvalue weighted by atomic mass is 32.2. The van der Waals surface area contributed by atoms with Gasteiger partial charge >= 0.3 is 0 Å². The first-order valence-electron chi connectivity index (χ1n) is 18.8. The van der Waals surface area contributed by atoms with Crippen molar-refractivity contribution in [3.05, 3.63) is 167 Å². The molecule has 0 radical (unpaired) electrons. The van der Waals surface area contributed by atoms with E-state index in [9.17, 15) is 34.4 Å². The molecule has 0 aliphatic carbocycles. The van der Waals surface area contributed by atoms with Crippen molar-refractivity contribution < 1.29 is 83.7 Å². The van der Waals surface area contributed by atoms with Crippen LogP contribution < -0.4 is 14.2 Å². The van der Waals surface area contributed by atoms with Gasteiger partial charge in [0, 0.05) is 11.1 Å². The van der Waals surface area contributed by atoms with Crippen molar-refractivity contribution in [1.82, 2.24) is 0 Å². The average molecular weight is 993 g/mol. The van der Waals surface area contributed by atoms with Crippen LogP contribution in [0.25, 0.3) is 33.4 Å². The summed E-state index contributed by atoms with van der Waals surface area (Å²) in [4.78, 5) is -1.44. The minimum absolute atomic E-state index is 0.0175. The maximum Gasteiger partial charge on any atom is 0.294 e. The second kappa shape index (κ2) is 18.1. The molecule has 2 N–H and O–H groups in total. The highest BCUT2D eigenvalue weighted by molar-refractivity contribution is 7.91. The highest BCUT2D eigenvalue weighted by Crippen LogP contribution is 2.44. The molecule has 0 heterocycles. The van der Waals surface area contributed by atoms with E-state index in [2.05, 4.69) is 0 Å². The van der Waals surface area contributed by atoms with E-state index < -0.39 is 121 Å². The summed E-state index contributed by atoms with van der Waals surface area (Å²) < 4.78 is 232. The molecule has 0 atom stereocenters. The van der Waals surface area contributed by atoms with Crippen LogP contribution in [-0.2, 0) is 36.7 Å². The number of rotatable bonds is 13. The maximum absolute atomic E-state index is 15.7. The number of ether oxygens (including phenoxy) is 3. The van der Waals surface area contributed by atoms with Gasteiger partial charge < -0.3 is 14.2 Å². The minimum Gasteiger partial charge on any atom is -0.495 e. The first-order chi connectivity index (χ1) is 31.4. The summed E-state index contributed by atoms with van der Waals surface area (Å²) in [7, 11) is -12.2. The maximum atomic E-state index is 15.7. The van der Waals surface area contributed by atoms with Crippen LogP contribution in [0.5, 0.6) is 23.0 Å². The zero-order chi connectivity index (χ0) is 48.9. The molecule has 0 saturated heterocycles. The van der Waals surface area contributed by atoms with Gasteiger partial charge in [-0.05, 0) is 96.4 Å². The third-order valence-electron chi connectivity index (χ3n) is 10.0. The normalized spacial score (nSPS) is 12.0. The standard InChI is InChI=1S/C45H28F8O11S3/c1-22-3-11-27(12-4-22)65(54,55)28-17-9-26(10-18-28)64-45-41(52)37(48)34(38(49)42(45)53)33-35(46)39(50)44(40(51)36(33)47)63-21-23-19-31(24-5-13-29(14-6-24)66(56,57)58)43(62-2)32(20-23)25-7-15-30(16-8-25)67(59,60)61/h3-20H,21H2,1-2H3,(H,56,57,58)(H,59,60,61). The third-order valence-corrected chi connectivity index (χ3v) is 13.6. The van der Waals surface area contributed by atoms with Crippen LogP contribution in [0.3, 0.4) is 0 Å². The second-order valence-corrected chi connectivity index (χ2v) is 19.1. The smallest absolute Gasteiger partial charge is 0.294 e. The van der Waals surface area contributed by atoms with Gasteiger partial charge in [-0.1, -0.05) is 42.0 Å². The molecule has 0 aliphatic rings. The molecule has 0 saturated carbocycles.